The first-order valence-electron chi connectivity index (χ1n) is 5.95. The Morgan fingerprint density at radius 1 is 1.89 bits per heavy atom. The lowest BCUT2D eigenvalue weighted by atomic mass is 10.3. The number of anilines is 1. The molecule has 0 aliphatic carbocycles. The largest absolute Gasteiger partial charge is 0.465 e. The molecule has 98 valence electrons. The van der Waals surface area contributed by atoms with Crippen molar-refractivity contribution in [3.63, 3.8) is 0 Å². The molecule has 2 heterocycles. The number of H-pyrrole nitrogens is 1. The molecule has 1 amide bonds. The maximum atomic E-state index is 10.8. The van der Waals surface area contributed by atoms with Crippen LogP contribution in [0.2, 0.25) is 5.02 Å². The van der Waals surface area contributed by atoms with E-state index in [1.54, 1.807) is 7.05 Å². The van der Waals surface area contributed by atoms with Crippen molar-refractivity contribution in [2.24, 2.45) is 4.99 Å². The third kappa shape index (κ3) is 2.73. The molecule has 8 heteroatoms. The Labute approximate surface area is 110 Å². The van der Waals surface area contributed by atoms with Crippen LogP contribution in [0.1, 0.15) is 7.79 Å². The van der Waals surface area contributed by atoms with Gasteiger partial charge in [-0.15, -0.1) is 0 Å². The number of nitrogens with one attached hydrogen (secondary N) is 2. The smallest absolute Gasteiger partial charge is 0.407 e. The highest BCUT2D eigenvalue weighted by Crippen LogP contribution is 2.12. The minimum absolute atomic E-state index is 0.0369. The average Bonchev–Trinajstić information content (AvgIpc) is 2.82. The first kappa shape index (κ1) is 11.3. The molecule has 1 unspecified atom stereocenters. The van der Waals surface area contributed by atoms with Crippen LogP contribution in [0.3, 0.4) is 0 Å². The summed E-state index contributed by atoms with van der Waals surface area (Å²) in [7, 11) is 1.56. The molecule has 1 aromatic heterocycles. The predicted octanol–water partition coefficient (Wildman–Crippen LogP) is 0.758. The Bertz CT molecular complexity index is 561. The number of hydrogen-bond donors (Lipinski definition) is 3. The predicted molar refractivity (Wildman–Crippen MR) is 66.7 cm³/mol. The summed E-state index contributed by atoms with van der Waals surface area (Å²) in [6, 6.07) is -0.0369. The van der Waals surface area contributed by atoms with E-state index in [2.05, 4.69) is 20.3 Å². The van der Waals surface area contributed by atoms with Crippen LogP contribution in [0.4, 0.5) is 10.7 Å². The van der Waals surface area contributed by atoms with Gasteiger partial charge >= 0.3 is 6.09 Å². The summed E-state index contributed by atoms with van der Waals surface area (Å²) >= 11 is 5.86. The molecule has 0 aromatic carbocycles. The molecule has 1 aliphatic heterocycles. The second kappa shape index (κ2) is 5.26. The molecule has 1 aliphatic rings. The van der Waals surface area contributed by atoms with E-state index in [-0.39, 0.29) is 17.2 Å². The van der Waals surface area contributed by atoms with E-state index in [0.717, 1.165) is 0 Å². The van der Waals surface area contributed by atoms with Gasteiger partial charge in [0.2, 0.25) is 5.95 Å². The van der Waals surface area contributed by atoms with Crippen LogP contribution in [-0.2, 0) is 0 Å². The van der Waals surface area contributed by atoms with Crippen molar-refractivity contribution in [3.05, 3.63) is 16.7 Å². The van der Waals surface area contributed by atoms with Crippen molar-refractivity contribution in [3.8, 4) is 0 Å². The van der Waals surface area contributed by atoms with Crippen LogP contribution in [0.5, 0.6) is 0 Å². The maximum Gasteiger partial charge on any atom is 0.407 e. The molecule has 0 radical (unpaired) electrons. The lowest BCUT2D eigenvalue weighted by molar-refractivity contribution is 0.155. The number of amides is 1. The van der Waals surface area contributed by atoms with Crippen molar-refractivity contribution in [1.82, 2.24) is 14.9 Å². The van der Waals surface area contributed by atoms with Gasteiger partial charge < -0.3 is 20.3 Å². The highest BCUT2D eigenvalue weighted by atomic mass is 35.5. The third-order valence-electron chi connectivity index (χ3n) is 2.73. The summed E-state index contributed by atoms with van der Waals surface area (Å²) in [5, 5.41) is 12.1. The molecule has 1 fully saturated rings. The van der Waals surface area contributed by atoms with E-state index in [1.807, 2.05) is 0 Å². The Morgan fingerprint density at radius 3 is 3.28 bits per heavy atom. The van der Waals surface area contributed by atoms with Crippen molar-refractivity contribution in [1.29, 1.82) is 0 Å². The van der Waals surface area contributed by atoms with E-state index >= 15 is 0 Å². The summed E-state index contributed by atoms with van der Waals surface area (Å²) in [6.07, 6.45) is -0.310. The number of likely N-dealkylation sites (tertiary alicyclic amines) is 1. The number of hydrogen-bond acceptors (Lipinski definition) is 4. The lowest BCUT2D eigenvalue weighted by Crippen LogP contribution is -2.31. The zero-order valence-corrected chi connectivity index (χ0v) is 10.5. The Kier molecular flexibility index (Phi) is 3.31. The van der Waals surface area contributed by atoms with Gasteiger partial charge in [-0.1, -0.05) is 11.6 Å². The highest BCUT2D eigenvalue weighted by molar-refractivity contribution is 6.30. The number of rotatable bonds is 2. The first-order valence-corrected chi connectivity index (χ1v) is 5.82. The highest BCUT2D eigenvalue weighted by Gasteiger charge is 2.25. The Morgan fingerprint density at radius 2 is 2.67 bits per heavy atom. The zero-order chi connectivity index (χ0) is 14.0. The Balaban J connectivity index is 2.13. The van der Waals surface area contributed by atoms with Crippen LogP contribution in [0.15, 0.2) is 11.2 Å². The minimum Gasteiger partial charge on any atom is -0.465 e. The SMILES string of the molecule is [2H]c1nc(NC2CCN(C(=O)O)C2)[nH]c(=NC)c1Cl. The van der Waals surface area contributed by atoms with Gasteiger partial charge in [-0.05, 0) is 6.42 Å². The first-order chi connectivity index (χ1) is 9.01. The fourth-order valence-electron chi connectivity index (χ4n) is 1.82. The number of aromatic amines is 1. The molecule has 1 saturated heterocycles. The maximum absolute atomic E-state index is 10.8. The van der Waals surface area contributed by atoms with E-state index < -0.39 is 6.09 Å². The molecule has 18 heavy (non-hydrogen) atoms. The minimum atomic E-state index is -0.928. The normalized spacial score (nSPS) is 21.0. The molecule has 0 saturated carbocycles. The van der Waals surface area contributed by atoms with Gasteiger partial charge in [-0.3, -0.25) is 4.99 Å². The number of carboxylic acid groups (broad SMARTS) is 1. The van der Waals surface area contributed by atoms with Gasteiger partial charge in [0.05, 0.1) is 7.54 Å². The fourth-order valence-corrected chi connectivity index (χ4v) is 1.99. The van der Waals surface area contributed by atoms with Gasteiger partial charge in [0.15, 0.2) is 0 Å². The second-order valence-electron chi connectivity index (χ2n) is 3.94. The van der Waals surface area contributed by atoms with Crippen molar-refractivity contribution in [2.45, 2.75) is 12.5 Å². The molecular weight excluding hydrogens is 258 g/mol. The van der Waals surface area contributed by atoms with Crippen LogP contribution < -0.4 is 10.8 Å². The topological polar surface area (TPSA) is 93.6 Å². The summed E-state index contributed by atoms with van der Waals surface area (Å²) in [5.41, 5.74) is 0.372. The van der Waals surface area contributed by atoms with E-state index in [0.29, 0.717) is 30.9 Å². The van der Waals surface area contributed by atoms with Crippen molar-refractivity contribution in [2.75, 3.05) is 25.5 Å². The zero-order valence-electron chi connectivity index (χ0n) is 10.8. The Hall–Kier alpha value is -1.76. The van der Waals surface area contributed by atoms with Gasteiger partial charge in [0.1, 0.15) is 10.5 Å². The van der Waals surface area contributed by atoms with Crippen LogP contribution in [0.25, 0.3) is 0 Å². The molecule has 7 nitrogen and oxygen atoms in total. The van der Waals surface area contributed by atoms with Gasteiger partial charge in [-0.25, -0.2) is 9.78 Å². The van der Waals surface area contributed by atoms with Crippen LogP contribution >= 0.6 is 11.6 Å². The summed E-state index contributed by atoms with van der Waals surface area (Å²) in [6.45, 7) is 0.874. The molecule has 3 N–H and O–H groups in total. The summed E-state index contributed by atoms with van der Waals surface area (Å²) < 4.78 is 7.62. The standard InChI is InChI=1S/C10H14ClN5O2/c1-12-8-7(11)4-13-9(15-8)14-6-2-3-16(5-6)10(17)18/h4,6H,2-3,5H2,1H3,(H,17,18)(H2,12,13,14,15)/i4D. The molecule has 0 bridgehead atoms. The molecule has 1 aromatic rings. The lowest BCUT2D eigenvalue weighted by Gasteiger charge is -2.14. The van der Waals surface area contributed by atoms with Crippen LogP contribution in [0, 0.1) is 0 Å². The van der Waals surface area contributed by atoms with Gasteiger partial charge in [0.25, 0.3) is 0 Å². The molecular formula is C10H14ClN5O2. The monoisotopic (exact) mass is 272 g/mol. The summed E-state index contributed by atoms with van der Waals surface area (Å²) in [4.78, 5) is 22.9. The van der Waals surface area contributed by atoms with Gasteiger partial charge in [0, 0.05) is 26.2 Å². The van der Waals surface area contributed by atoms with E-state index in [9.17, 15) is 4.79 Å². The summed E-state index contributed by atoms with van der Waals surface area (Å²) in [5.74, 6) is 0.368. The molecule has 0 spiro atoms. The fraction of sp³-hybridized carbons (Fsp3) is 0.500. The average molecular weight is 273 g/mol. The molecule has 1 atom stereocenters. The van der Waals surface area contributed by atoms with Crippen molar-refractivity contribution >= 4 is 23.6 Å². The van der Waals surface area contributed by atoms with Gasteiger partial charge in [-0.2, -0.15) is 0 Å². The quantitative estimate of drug-likeness (QED) is 0.741. The number of aromatic nitrogens is 2. The van der Waals surface area contributed by atoms with E-state index in [4.69, 9.17) is 18.1 Å². The number of halogens is 1. The van der Waals surface area contributed by atoms with Crippen molar-refractivity contribution < 1.29 is 11.3 Å². The second-order valence-corrected chi connectivity index (χ2v) is 4.32. The molecule has 2 rings (SSSR count). The number of nitrogens with zero attached hydrogens (tertiary/aromatic N) is 3. The number of carbonyl (C=O) groups is 1. The van der Waals surface area contributed by atoms with Crippen LogP contribution in [-0.4, -0.2) is 52.2 Å². The van der Waals surface area contributed by atoms with E-state index in [1.165, 1.54) is 4.90 Å². The third-order valence-corrected chi connectivity index (χ3v) is 3.00.